The predicted octanol–water partition coefficient (Wildman–Crippen LogP) is 1.20. The Labute approximate surface area is 118 Å². The number of carbonyl (C=O) groups excluding carboxylic acids is 1. The fraction of sp³-hybridized carbons (Fsp3) is 0.250. The second kappa shape index (κ2) is 5.85. The van der Waals surface area contributed by atoms with E-state index in [4.69, 9.17) is 5.11 Å². The monoisotopic (exact) mass is 295 g/mol. The maximum Gasteiger partial charge on any atom is 0.332 e. The highest BCUT2D eigenvalue weighted by Gasteiger charge is 2.14. The van der Waals surface area contributed by atoms with E-state index in [-0.39, 0.29) is 0 Å². The predicted molar refractivity (Wildman–Crippen MR) is 72.3 cm³/mol. The number of hydrogen-bond donors (Lipinski definition) is 2. The van der Waals surface area contributed by atoms with E-state index in [9.17, 15) is 9.59 Å². The van der Waals surface area contributed by atoms with Crippen molar-refractivity contribution in [1.29, 1.82) is 0 Å². The van der Waals surface area contributed by atoms with Crippen molar-refractivity contribution < 1.29 is 19.5 Å². The lowest BCUT2D eigenvalue weighted by atomic mass is 10.2. The highest BCUT2D eigenvalue weighted by Crippen LogP contribution is 2.23. The van der Waals surface area contributed by atoms with Crippen LogP contribution in [0.25, 0.3) is 11.3 Å². The Bertz CT molecular complexity index is 647. The van der Waals surface area contributed by atoms with Crippen LogP contribution in [0, 0.1) is 6.92 Å². The van der Waals surface area contributed by atoms with E-state index in [0.29, 0.717) is 5.69 Å². The zero-order valence-corrected chi connectivity index (χ0v) is 11.7. The summed E-state index contributed by atoms with van der Waals surface area (Å²) >= 11 is 1.53. The summed E-state index contributed by atoms with van der Waals surface area (Å²) in [7, 11) is 1.72. The average Bonchev–Trinajstić information content (AvgIpc) is 2.95. The van der Waals surface area contributed by atoms with E-state index >= 15 is 0 Å². The van der Waals surface area contributed by atoms with Crippen molar-refractivity contribution >= 4 is 23.2 Å². The van der Waals surface area contributed by atoms with Crippen LogP contribution < -0.4 is 5.48 Å². The summed E-state index contributed by atoms with van der Waals surface area (Å²) in [6, 6.07) is 1.67. The molecule has 2 aromatic heterocycles. The van der Waals surface area contributed by atoms with Gasteiger partial charge < -0.3 is 9.67 Å². The number of hydrogen-bond acceptors (Lipinski definition) is 5. The first kappa shape index (κ1) is 14.2. The van der Waals surface area contributed by atoms with E-state index in [1.807, 2.05) is 12.3 Å². The molecule has 7 nitrogen and oxygen atoms in total. The molecule has 2 N–H and O–H groups in total. The van der Waals surface area contributed by atoms with Crippen molar-refractivity contribution in [2.45, 2.75) is 6.92 Å². The van der Waals surface area contributed by atoms with Crippen LogP contribution in [0.15, 0.2) is 17.6 Å². The second-order valence-electron chi connectivity index (χ2n) is 4.09. The average molecular weight is 295 g/mol. The van der Waals surface area contributed by atoms with Gasteiger partial charge in [0.1, 0.15) is 5.69 Å². The fourth-order valence-electron chi connectivity index (χ4n) is 1.64. The number of aliphatic carboxylic acids is 1. The van der Waals surface area contributed by atoms with Gasteiger partial charge in [0.25, 0.3) is 5.91 Å². The van der Waals surface area contributed by atoms with Crippen LogP contribution >= 0.6 is 11.3 Å². The quantitative estimate of drug-likeness (QED) is 0.808. The van der Waals surface area contributed by atoms with Gasteiger partial charge in [-0.25, -0.2) is 15.3 Å². The zero-order valence-electron chi connectivity index (χ0n) is 10.9. The first-order chi connectivity index (χ1) is 9.47. The van der Waals surface area contributed by atoms with Crippen molar-refractivity contribution in [2.24, 2.45) is 7.05 Å². The minimum Gasteiger partial charge on any atom is -0.479 e. The smallest absolute Gasteiger partial charge is 0.332 e. The molecule has 0 bridgehead atoms. The summed E-state index contributed by atoms with van der Waals surface area (Å²) in [6.45, 7) is 1.32. The summed E-state index contributed by atoms with van der Waals surface area (Å²) in [5, 5.41) is 11.3. The van der Waals surface area contributed by atoms with Gasteiger partial charge in [-0.05, 0) is 13.0 Å². The lowest BCUT2D eigenvalue weighted by molar-refractivity contribution is -0.144. The van der Waals surface area contributed by atoms with Crippen molar-refractivity contribution in [3.63, 3.8) is 0 Å². The van der Waals surface area contributed by atoms with E-state index in [1.165, 1.54) is 11.3 Å². The molecule has 0 radical (unpaired) electrons. The van der Waals surface area contributed by atoms with Crippen molar-refractivity contribution in [3.8, 4) is 11.3 Å². The molecule has 2 rings (SSSR count). The van der Waals surface area contributed by atoms with Gasteiger partial charge in [0.05, 0.1) is 10.7 Å². The van der Waals surface area contributed by atoms with Gasteiger partial charge in [-0.15, -0.1) is 11.3 Å². The maximum atomic E-state index is 11.8. The van der Waals surface area contributed by atoms with Crippen LogP contribution in [-0.2, 0) is 16.7 Å². The number of nitrogens with one attached hydrogen (secondary N) is 1. The zero-order chi connectivity index (χ0) is 14.7. The molecule has 2 heterocycles. The Morgan fingerprint density at radius 3 is 2.90 bits per heavy atom. The Morgan fingerprint density at radius 2 is 2.30 bits per heavy atom. The molecule has 0 fully saturated rings. The molecule has 1 amide bonds. The number of aryl methyl sites for hydroxylation is 2. The number of rotatable bonds is 5. The minimum absolute atomic E-state index is 0.357. The molecule has 20 heavy (non-hydrogen) atoms. The van der Waals surface area contributed by atoms with Gasteiger partial charge in [0.2, 0.25) is 0 Å². The topological polar surface area (TPSA) is 93.4 Å². The van der Waals surface area contributed by atoms with E-state index < -0.39 is 18.5 Å². The Hall–Kier alpha value is -2.19. The SMILES string of the molecule is Cc1nc(-c2cc(C(=O)NOCC(=O)O)n(C)c2)cs1. The number of carbonyl (C=O) groups is 2. The Balaban J connectivity index is 2.11. The Morgan fingerprint density at radius 1 is 1.55 bits per heavy atom. The normalized spacial score (nSPS) is 10.5. The molecule has 0 aromatic carbocycles. The molecule has 0 aliphatic heterocycles. The molecule has 0 aliphatic carbocycles. The lowest BCUT2D eigenvalue weighted by Crippen LogP contribution is -2.27. The van der Waals surface area contributed by atoms with Crippen LogP contribution in [0.1, 0.15) is 15.5 Å². The van der Waals surface area contributed by atoms with Gasteiger partial charge in [-0.1, -0.05) is 0 Å². The molecule has 8 heteroatoms. The standard InChI is InChI=1S/C12H13N3O4S/c1-7-13-9(6-20-7)8-3-10(15(2)4-8)12(18)14-19-5-11(16)17/h3-4,6H,5H2,1-2H3,(H,14,18)(H,16,17). The molecule has 0 saturated heterocycles. The van der Waals surface area contributed by atoms with Gasteiger partial charge in [-0.2, -0.15) is 0 Å². The lowest BCUT2D eigenvalue weighted by Gasteiger charge is -2.04. The Kier molecular flexibility index (Phi) is 4.16. The summed E-state index contributed by atoms with van der Waals surface area (Å²) in [6.07, 6.45) is 1.78. The molecule has 0 spiro atoms. The second-order valence-corrected chi connectivity index (χ2v) is 5.15. The molecular formula is C12H13N3O4S. The first-order valence-corrected chi connectivity index (χ1v) is 6.58. The number of carboxylic acid groups (broad SMARTS) is 1. The summed E-state index contributed by atoms with van der Waals surface area (Å²) in [5.74, 6) is -1.66. The largest absolute Gasteiger partial charge is 0.479 e. The fourth-order valence-corrected chi connectivity index (χ4v) is 2.26. The molecule has 0 atom stereocenters. The molecule has 106 valence electrons. The van der Waals surface area contributed by atoms with Crippen LogP contribution in [0.3, 0.4) is 0 Å². The van der Waals surface area contributed by atoms with Gasteiger partial charge in [0.15, 0.2) is 6.61 Å². The number of amides is 1. The highest BCUT2D eigenvalue weighted by atomic mass is 32.1. The van der Waals surface area contributed by atoms with Crippen LogP contribution in [0.5, 0.6) is 0 Å². The van der Waals surface area contributed by atoms with E-state index in [1.54, 1.807) is 23.9 Å². The number of hydroxylamine groups is 1. The number of carboxylic acids is 1. The third-order valence-electron chi connectivity index (χ3n) is 2.51. The highest BCUT2D eigenvalue weighted by molar-refractivity contribution is 7.09. The number of nitrogens with zero attached hydrogens (tertiary/aromatic N) is 2. The van der Waals surface area contributed by atoms with Crippen LogP contribution in [-0.4, -0.2) is 33.1 Å². The van der Waals surface area contributed by atoms with Crippen molar-refractivity contribution in [1.82, 2.24) is 15.0 Å². The maximum absolute atomic E-state index is 11.8. The number of thiazole rings is 1. The molecule has 0 unspecified atom stereocenters. The van der Waals surface area contributed by atoms with E-state index in [2.05, 4.69) is 15.3 Å². The third-order valence-corrected chi connectivity index (χ3v) is 3.29. The van der Waals surface area contributed by atoms with Crippen LogP contribution in [0.2, 0.25) is 0 Å². The van der Waals surface area contributed by atoms with Crippen molar-refractivity contribution in [2.75, 3.05) is 6.61 Å². The third kappa shape index (κ3) is 3.22. The molecular weight excluding hydrogens is 282 g/mol. The summed E-state index contributed by atoms with van der Waals surface area (Å²) < 4.78 is 1.63. The molecule has 0 aliphatic rings. The van der Waals surface area contributed by atoms with Gasteiger partial charge in [0, 0.05) is 24.2 Å². The minimum atomic E-state index is -1.16. The summed E-state index contributed by atoms with van der Waals surface area (Å²) in [5.41, 5.74) is 4.06. The van der Waals surface area contributed by atoms with Crippen LogP contribution in [0.4, 0.5) is 0 Å². The van der Waals surface area contributed by atoms with Gasteiger partial charge in [-0.3, -0.25) is 9.63 Å². The number of aromatic nitrogens is 2. The summed E-state index contributed by atoms with van der Waals surface area (Å²) in [4.78, 5) is 31.0. The van der Waals surface area contributed by atoms with Gasteiger partial charge >= 0.3 is 5.97 Å². The van der Waals surface area contributed by atoms with Crippen molar-refractivity contribution in [3.05, 3.63) is 28.3 Å². The molecule has 0 saturated carbocycles. The molecule has 2 aromatic rings. The van der Waals surface area contributed by atoms with E-state index in [0.717, 1.165) is 16.3 Å². The first-order valence-electron chi connectivity index (χ1n) is 5.70.